The standard InChI is InChI=1S/C59H45N5O/c1-5-7-14-37(4)62-58-45(46-28-30-49-55(59(46)62)57-51(20-12-32-61-57)64(49)43-18-10-15-39(33-43)38-24-22-36(3)23-25-38)27-29-48-54(58)56(60)50(13-6-2)63(48)42-17-11-16-40(34-42)41-26-31-53-47(35-41)44-19-8-9-21-52(44)65-53/h5-22,24-36H,1,4,23,60H2,2-3H3/b13-6-,14-7-/t36-/m0/s1. The molecule has 0 unspecified atom stereocenters. The van der Waals surface area contributed by atoms with E-state index in [1.54, 1.807) is 6.08 Å². The predicted octanol–water partition coefficient (Wildman–Crippen LogP) is 15.6. The Labute approximate surface area is 376 Å². The van der Waals surface area contributed by atoms with Crippen molar-refractivity contribution in [3.05, 3.63) is 201 Å². The van der Waals surface area contributed by atoms with Crippen LogP contribution < -0.4 is 5.73 Å². The average Bonchev–Trinajstić information content (AvgIpc) is 4.07. The highest BCUT2D eigenvalue weighted by molar-refractivity contribution is 6.30. The Balaban J connectivity index is 1.12. The van der Waals surface area contributed by atoms with Gasteiger partial charge < -0.3 is 23.9 Å². The zero-order valence-corrected chi connectivity index (χ0v) is 36.3. The first kappa shape index (κ1) is 38.3. The van der Waals surface area contributed by atoms with E-state index in [1.807, 2.05) is 43.5 Å². The molecule has 0 fully saturated rings. The summed E-state index contributed by atoms with van der Waals surface area (Å²) in [5.74, 6) is 0.544. The fraction of sp³-hybridized carbons (Fsp3) is 0.0678. The van der Waals surface area contributed by atoms with Crippen molar-refractivity contribution in [1.29, 1.82) is 0 Å². The maximum Gasteiger partial charge on any atom is 0.135 e. The lowest BCUT2D eigenvalue weighted by Gasteiger charge is -2.14. The molecular weight excluding hydrogens is 795 g/mol. The number of nitrogens with zero attached hydrogens (tertiary/aromatic N) is 4. The minimum absolute atomic E-state index is 0.544. The molecule has 6 aromatic carbocycles. The smallest absolute Gasteiger partial charge is 0.135 e. The Morgan fingerprint density at radius 2 is 1.45 bits per heavy atom. The molecule has 0 saturated carbocycles. The highest BCUT2D eigenvalue weighted by Gasteiger charge is 2.26. The molecule has 0 amide bonds. The summed E-state index contributed by atoms with van der Waals surface area (Å²) in [6, 6.07) is 45.4. The first-order valence-corrected chi connectivity index (χ1v) is 22.2. The van der Waals surface area contributed by atoms with Crippen molar-refractivity contribution in [2.45, 2.75) is 20.3 Å². The van der Waals surface area contributed by atoms with Crippen LogP contribution in [0.5, 0.6) is 0 Å². The summed E-state index contributed by atoms with van der Waals surface area (Å²) < 4.78 is 13.1. The molecule has 65 heavy (non-hydrogen) atoms. The van der Waals surface area contributed by atoms with Gasteiger partial charge in [0, 0.05) is 50.2 Å². The SMILES string of the molecule is C=C/C=C\C(=C)n1c2c(ccc3c2c(N)c(/C=C\C)n3-c2cccc(-c3ccc4oc5ccccc5c4c3)c2)c2ccc3c(c4ncccc4n3-c3cccc(C4=CC[C@@H](C)C=C4)c3)c21. The van der Waals surface area contributed by atoms with Crippen molar-refractivity contribution in [1.82, 2.24) is 18.7 Å². The lowest BCUT2D eigenvalue weighted by atomic mass is 9.94. The van der Waals surface area contributed by atoms with Crippen molar-refractivity contribution >= 4 is 99.6 Å². The Hall–Kier alpha value is -8.35. The van der Waals surface area contributed by atoms with Crippen LogP contribution in [0.25, 0.3) is 116 Å². The normalized spacial score (nSPS) is 14.5. The molecule has 2 N–H and O–H groups in total. The Morgan fingerprint density at radius 3 is 2.23 bits per heavy atom. The van der Waals surface area contributed by atoms with Crippen LogP contribution in [0, 0.1) is 5.92 Å². The van der Waals surface area contributed by atoms with E-state index in [9.17, 15) is 0 Å². The number of benzene rings is 6. The fourth-order valence-corrected chi connectivity index (χ4v) is 10.2. The first-order chi connectivity index (χ1) is 31.9. The van der Waals surface area contributed by atoms with Gasteiger partial charge in [0.15, 0.2) is 0 Å². The molecule has 1 atom stereocenters. The zero-order valence-electron chi connectivity index (χ0n) is 36.3. The highest BCUT2D eigenvalue weighted by Crippen LogP contribution is 2.46. The summed E-state index contributed by atoms with van der Waals surface area (Å²) in [5, 5.41) is 6.38. The fourth-order valence-electron chi connectivity index (χ4n) is 10.2. The zero-order chi connectivity index (χ0) is 43.9. The average molecular weight is 840 g/mol. The third-order valence-electron chi connectivity index (χ3n) is 13.2. The molecule has 6 heteroatoms. The van der Waals surface area contributed by atoms with Crippen LogP contribution in [0.3, 0.4) is 0 Å². The van der Waals surface area contributed by atoms with E-state index in [1.165, 1.54) is 11.1 Å². The number of furan rings is 1. The number of nitrogen functional groups attached to an aromatic ring is 1. The maximum atomic E-state index is 7.45. The molecule has 0 aliphatic heterocycles. The summed E-state index contributed by atoms with van der Waals surface area (Å²) in [7, 11) is 0. The van der Waals surface area contributed by atoms with Gasteiger partial charge in [-0.05, 0) is 120 Å². The lowest BCUT2D eigenvalue weighted by molar-refractivity contribution is 0.669. The lowest BCUT2D eigenvalue weighted by Crippen LogP contribution is -1.98. The predicted molar refractivity (Wildman–Crippen MR) is 276 cm³/mol. The number of hydrogen-bond donors (Lipinski definition) is 1. The molecule has 0 radical (unpaired) electrons. The van der Waals surface area contributed by atoms with Crippen LogP contribution >= 0.6 is 0 Å². The van der Waals surface area contributed by atoms with Gasteiger partial charge in [0.1, 0.15) is 11.2 Å². The molecule has 1 aliphatic rings. The number of anilines is 1. The largest absolute Gasteiger partial charge is 0.456 e. The summed E-state index contributed by atoms with van der Waals surface area (Å²) in [6.45, 7) is 13.0. The molecule has 0 bridgehead atoms. The molecule has 11 aromatic rings. The second-order valence-electron chi connectivity index (χ2n) is 17.1. The minimum Gasteiger partial charge on any atom is -0.456 e. The third kappa shape index (κ3) is 5.84. The van der Waals surface area contributed by atoms with Gasteiger partial charge >= 0.3 is 0 Å². The number of hydrogen-bond acceptors (Lipinski definition) is 3. The molecular formula is C59H45N5O. The monoisotopic (exact) mass is 839 g/mol. The topological polar surface area (TPSA) is 66.8 Å². The molecule has 5 heterocycles. The number of aromatic nitrogens is 4. The van der Waals surface area contributed by atoms with Gasteiger partial charge in [0.2, 0.25) is 0 Å². The van der Waals surface area contributed by atoms with Crippen molar-refractivity contribution < 1.29 is 4.42 Å². The second kappa shape index (κ2) is 14.9. The Morgan fingerprint density at radius 1 is 0.723 bits per heavy atom. The number of fused-ring (bicyclic) bond motifs is 12. The van der Waals surface area contributed by atoms with Gasteiger partial charge in [-0.25, -0.2) is 0 Å². The third-order valence-corrected chi connectivity index (χ3v) is 13.2. The number of allylic oxidation sites excluding steroid dienone is 9. The number of pyridine rings is 1. The van der Waals surface area contributed by atoms with Gasteiger partial charge in [-0.15, -0.1) is 0 Å². The maximum absolute atomic E-state index is 7.45. The van der Waals surface area contributed by atoms with Crippen LogP contribution in [0.15, 0.2) is 194 Å². The summed E-state index contributed by atoms with van der Waals surface area (Å²) >= 11 is 0. The Bertz CT molecular complexity index is 3950. The van der Waals surface area contributed by atoms with E-state index in [-0.39, 0.29) is 0 Å². The van der Waals surface area contributed by atoms with Gasteiger partial charge in [-0.3, -0.25) is 4.98 Å². The molecule has 6 nitrogen and oxygen atoms in total. The van der Waals surface area contributed by atoms with Crippen molar-refractivity contribution in [2.24, 2.45) is 5.92 Å². The molecule has 5 aromatic heterocycles. The molecule has 1 aliphatic carbocycles. The molecule has 0 spiro atoms. The number of rotatable bonds is 8. The summed E-state index contributed by atoms with van der Waals surface area (Å²) in [5.41, 5.74) is 24.4. The van der Waals surface area contributed by atoms with E-state index in [0.29, 0.717) is 11.6 Å². The minimum atomic E-state index is 0.544. The van der Waals surface area contributed by atoms with E-state index >= 15 is 0 Å². The quantitative estimate of drug-likeness (QED) is 0.155. The summed E-state index contributed by atoms with van der Waals surface area (Å²) in [6.07, 6.45) is 19.8. The van der Waals surface area contributed by atoms with Gasteiger partial charge in [-0.2, -0.15) is 0 Å². The van der Waals surface area contributed by atoms with Gasteiger partial charge in [0.25, 0.3) is 0 Å². The molecule has 0 saturated heterocycles. The number of para-hydroxylation sites is 1. The van der Waals surface area contributed by atoms with Gasteiger partial charge in [-0.1, -0.05) is 117 Å². The van der Waals surface area contributed by atoms with E-state index < -0.39 is 0 Å². The molecule has 12 rings (SSSR count). The second-order valence-corrected chi connectivity index (χ2v) is 17.1. The highest BCUT2D eigenvalue weighted by atomic mass is 16.3. The van der Waals surface area contributed by atoms with Crippen molar-refractivity contribution in [2.75, 3.05) is 5.73 Å². The molecule has 312 valence electrons. The summed E-state index contributed by atoms with van der Waals surface area (Å²) in [4.78, 5) is 5.12. The Kier molecular flexibility index (Phi) is 8.78. The van der Waals surface area contributed by atoms with Crippen LogP contribution in [-0.4, -0.2) is 18.7 Å². The number of nitrogens with two attached hydrogens (primary N) is 1. The van der Waals surface area contributed by atoms with Crippen LogP contribution in [0.2, 0.25) is 0 Å². The van der Waals surface area contributed by atoms with Crippen molar-refractivity contribution in [3.63, 3.8) is 0 Å². The van der Waals surface area contributed by atoms with Crippen LogP contribution in [-0.2, 0) is 0 Å². The van der Waals surface area contributed by atoms with E-state index in [2.05, 4.69) is 167 Å². The van der Waals surface area contributed by atoms with E-state index in [4.69, 9.17) is 21.7 Å². The van der Waals surface area contributed by atoms with E-state index in [0.717, 1.165) is 117 Å². The van der Waals surface area contributed by atoms with Crippen molar-refractivity contribution in [3.8, 4) is 22.5 Å². The van der Waals surface area contributed by atoms with Crippen LogP contribution in [0.1, 0.15) is 31.5 Å². The van der Waals surface area contributed by atoms with Crippen LogP contribution in [0.4, 0.5) is 5.69 Å². The first-order valence-electron chi connectivity index (χ1n) is 22.2. The van der Waals surface area contributed by atoms with Gasteiger partial charge in [0.05, 0.1) is 49.9 Å².